The number of imide groups is 1. The fraction of sp³-hybridized carbons (Fsp3) is 0.375. The minimum absolute atomic E-state index is 0.00666. The second kappa shape index (κ2) is 5.74. The highest BCUT2D eigenvalue weighted by molar-refractivity contribution is 6.52. The van der Waals surface area contributed by atoms with Gasteiger partial charge in [-0.3, -0.25) is 9.59 Å². The first-order chi connectivity index (χ1) is 10.5. The number of morpholine rings is 1. The Hall–Kier alpha value is -1.85. The molecule has 2 aliphatic rings. The number of aryl methyl sites for hydroxylation is 2. The molecule has 1 saturated heterocycles. The Bertz CT molecular complexity index is 678. The van der Waals surface area contributed by atoms with Gasteiger partial charge in [-0.2, -0.15) is 0 Å². The highest BCUT2D eigenvalue weighted by Gasteiger charge is 2.42. The lowest BCUT2D eigenvalue weighted by Gasteiger charge is -2.29. The predicted octanol–water partition coefficient (Wildman–Crippen LogP) is 1.96. The number of carbonyl (C=O) groups excluding carboxylic acids is 2. The molecule has 0 spiro atoms. The first-order valence-electron chi connectivity index (χ1n) is 7.19. The number of anilines is 1. The Kier molecular flexibility index (Phi) is 3.93. The number of hydrogen-bond donors (Lipinski definition) is 0. The molecule has 22 heavy (non-hydrogen) atoms. The zero-order valence-electron chi connectivity index (χ0n) is 12.6. The van der Waals surface area contributed by atoms with Crippen molar-refractivity contribution in [3.8, 4) is 0 Å². The van der Waals surface area contributed by atoms with Gasteiger partial charge >= 0.3 is 0 Å². The van der Waals surface area contributed by atoms with E-state index >= 15 is 0 Å². The smallest absolute Gasteiger partial charge is 0.283 e. The summed E-state index contributed by atoms with van der Waals surface area (Å²) >= 11 is 6.18. The van der Waals surface area contributed by atoms with Crippen LogP contribution < -0.4 is 4.90 Å². The molecular weight excluding hydrogens is 304 g/mol. The molecule has 2 heterocycles. The second-order valence-corrected chi connectivity index (χ2v) is 5.88. The molecule has 116 valence electrons. The fourth-order valence-corrected chi connectivity index (χ4v) is 3.02. The molecule has 0 N–H and O–H groups in total. The molecule has 3 rings (SSSR count). The van der Waals surface area contributed by atoms with E-state index in [0.29, 0.717) is 32.0 Å². The molecule has 0 radical (unpaired) electrons. The standard InChI is InChI=1S/C16H17ClN2O3/c1-10-3-4-11(2)12(9-10)19-15(20)13(17)14(16(19)21)18-5-7-22-8-6-18/h3-4,9H,5-8H2,1-2H3. The van der Waals surface area contributed by atoms with E-state index in [1.54, 1.807) is 0 Å². The van der Waals surface area contributed by atoms with E-state index in [9.17, 15) is 9.59 Å². The van der Waals surface area contributed by atoms with E-state index in [0.717, 1.165) is 11.1 Å². The van der Waals surface area contributed by atoms with E-state index < -0.39 is 5.91 Å². The Labute approximate surface area is 134 Å². The molecule has 0 atom stereocenters. The SMILES string of the molecule is Cc1ccc(C)c(N2C(=O)C(Cl)=C(N3CCOCC3)C2=O)c1. The minimum Gasteiger partial charge on any atom is -0.378 e. The predicted molar refractivity (Wildman–Crippen MR) is 83.7 cm³/mol. The topological polar surface area (TPSA) is 49.9 Å². The zero-order valence-corrected chi connectivity index (χ0v) is 13.3. The lowest BCUT2D eigenvalue weighted by Crippen LogP contribution is -2.40. The van der Waals surface area contributed by atoms with Gasteiger partial charge < -0.3 is 9.64 Å². The van der Waals surface area contributed by atoms with Gasteiger partial charge in [0.15, 0.2) is 0 Å². The highest BCUT2D eigenvalue weighted by atomic mass is 35.5. The summed E-state index contributed by atoms with van der Waals surface area (Å²) in [5, 5.41) is -0.00666. The summed E-state index contributed by atoms with van der Waals surface area (Å²) in [4.78, 5) is 28.3. The van der Waals surface area contributed by atoms with Gasteiger partial charge in [-0.25, -0.2) is 4.90 Å². The van der Waals surface area contributed by atoms with Gasteiger partial charge in [-0.15, -0.1) is 0 Å². The molecule has 2 aliphatic heterocycles. The Balaban J connectivity index is 1.98. The van der Waals surface area contributed by atoms with Crippen LogP contribution in [0.3, 0.4) is 0 Å². The average molecular weight is 321 g/mol. The first-order valence-corrected chi connectivity index (χ1v) is 7.57. The number of ether oxygens (including phenoxy) is 1. The van der Waals surface area contributed by atoms with Crippen LogP contribution in [0, 0.1) is 13.8 Å². The van der Waals surface area contributed by atoms with Gasteiger partial charge in [0.25, 0.3) is 11.8 Å². The molecule has 1 aromatic carbocycles. The van der Waals surface area contributed by atoms with Gasteiger partial charge in [0.05, 0.1) is 18.9 Å². The van der Waals surface area contributed by atoms with Crippen LogP contribution >= 0.6 is 11.6 Å². The van der Waals surface area contributed by atoms with Crippen LogP contribution in [0.4, 0.5) is 5.69 Å². The van der Waals surface area contributed by atoms with Crippen LogP contribution in [0.5, 0.6) is 0 Å². The van der Waals surface area contributed by atoms with Crippen molar-refractivity contribution in [2.24, 2.45) is 0 Å². The number of carbonyl (C=O) groups is 2. The Morgan fingerprint density at radius 2 is 1.77 bits per heavy atom. The van der Waals surface area contributed by atoms with Crippen LogP contribution in [0.2, 0.25) is 0 Å². The molecule has 0 aromatic heterocycles. The lowest BCUT2D eigenvalue weighted by atomic mass is 10.1. The van der Waals surface area contributed by atoms with Crippen molar-refractivity contribution in [1.29, 1.82) is 0 Å². The molecule has 6 heteroatoms. The Morgan fingerprint density at radius 3 is 2.45 bits per heavy atom. The van der Waals surface area contributed by atoms with Crippen LogP contribution in [0.25, 0.3) is 0 Å². The second-order valence-electron chi connectivity index (χ2n) is 5.50. The number of nitrogens with zero attached hydrogens (tertiary/aromatic N) is 2. The Morgan fingerprint density at radius 1 is 1.09 bits per heavy atom. The van der Waals surface area contributed by atoms with E-state index in [-0.39, 0.29) is 16.6 Å². The number of rotatable bonds is 2. The van der Waals surface area contributed by atoms with E-state index in [4.69, 9.17) is 16.3 Å². The average Bonchev–Trinajstić information content (AvgIpc) is 2.73. The molecule has 1 fully saturated rings. The number of hydrogen-bond acceptors (Lipinski definition) is 4. The molecule has 0 aliphatic carbocycles. The van der Waals surface area contributed by atoms with Crippen molar-refractivity contribution < 1.29 is 14.3 Å². The van der Waals surface area contributed by atoms with Gasteiger partial charge in [-0.1, -0.05) is 23.7 Å². The molecule has 5 nitrogen and oxygen atoms in total. The summed E-state index contributed by atoms with van der Waals surface area (Å²) in [5.41, 5.74) is 2.73. The lowest BCUT2D eigenvalue weighted by molar-refractivity contribution is -0.121. The third kappa shape index (κ3) is 2.40. The van der Waals surface area contributed by atoms with Crippen molar-refractivity contribution in [2.75, 3.05) is 31.2 Å². The molecule has 0 bridgehead atoms. The van der Waals surface area contributed by atoms with Crippen LogP contribution in [0.15, 0.2) is 28.9 Å². The highest BCUT2D eigenvalue weighted by Crippen LogP contribution is 2.33. The quantitative estimate of drug-likeness (QED) is 0.782. The molecule has 2 amide bonds. The summed E-state index contributed by atoms with van der Waals surface area (Å²) in [5.74, 6) is -0.813. The van der Waals surface area contributed by atoms with E-state index in [2.05, 4.69) is 0 Å². The summed E-state index contributed by atoms with van der Waals surface area (Å²) in [6.45, 7) is 5.97. The van der Waals surface area contributed by atoms with Crippen molar-refractivity contribution in [3.05, 3.63) is 40.1 Å². The normalized spacial score (nSPS) is 19.4. The summed E-state index contributed by atoms with van der Waals surface area (Å²) < 4.78 is 5.29. The van der Waals surface area contributed by atoms with Crippen LogP contribution in [0.1, 0.15) is 11.1 Å². The number of halogens is 1. The number of amides is 2. The van der Waals surface area contributed by atoms with Crippen molar-refractivity contribution in [1.82, 2.24) is 4.90 Å². The van der Waals surface area contributed by atoms with Crippen LogP contribution in [-0.4, -0.2) is 43.0 Å². The largest absolute Gasteiger partial charge is 0.378 e. The maximum absolute atomic E-state index is 12.8. The van der Waals surface area contributed by atoms with E-state index in [1.165, 1.54) is 4.90 Å². The summed E-state index contributed by atoms with van der Waals surface area (Å²) in [6.07, 6.45) is 0. The third-order valence-corrected chi connectivity index (χ3v) is 4.28. The van der Waals surface area contributed by atoms with Gasteiger partial charge in [0.1, 0.15) is 10.7 Å². The maximum Gasteiger partial charge on any atom is 0.283 e. The maximum atomic E-state index is 12.8. The minimum atomic E-state index is -0.457. The van der Waals surface area contributed by atoms with Gasteiger partial charge in [0, 0.05) is 13.1 Å². The molecular formula is C16H17ClN2O3. The number of benzene rings is 1. The van der Waals surface area contributed by atoms with Crippen LogP contribution in [-0.2, 0) is 14.3 Å². The van der Waals surface area contributed by atoms with Crippen molar-refractivity contribution in [2.45, 2.75) is 13.8 Å². The monoisotopic (exact) mass is 320 g/mol. The van der Waals surface area contributed by atoms with Crippen molar-refractivity contribution >= 4 is 29.1 Å². The first kappa shape index (κ1) is 15.1. The third-order valence-electron chi connectivity index (χ3n) is 3.94. The van der Waals surface area contributed by atoms with E-state index in [1.807, 2.05) is 36.9 Å². The van der Waals surface area contributed by atoms with Gasteiger partial charge in [0.2, 0.25) is 0 Å². The summed E-state index contributed by atoms with van der Waals surface area (Å²) in [7, 11) is 0. The van der Waals surface area contributed by atoms with Crippen molar-refractivity contribution in [3.63, 3.8) is 0 Å². The van der Waals surface area contributed by atoms with Gasteiger partial charge in [-0.05, 0) is 31.0 Å². The fourth-order valence-electron chi connectivity index (χ4n) is 2.73. The molecule has 0 saturated carbocycles. The molecule has 0 unspecified atom stereocenters. The molecule has 1 aromatic rings. The summed E-state index contributed by atoms with van der Waals surface area (Å²) in [6, 6.07) is 5.67. The zero-order chi connectivity index (χ0) is 15.9.